The zero-order valence-electron chi connectivity index (χ0n) is 21.3. The molecule has 0 aliphatic heterocycles. The van der Waals surface area contributed by atoms with Crippen molar-refractivity contribution in [1.29, 1.82) is 0 Å². The van der Waals surface area contributed by atoms with Crippen molar-refractivity contribution in [3.8, 4) is 11.5 Å². The van der Waals surface area contributed by atoms with Gasteiger partial charge in [0.25, 0.3) is 0 Å². The highest BCUT2D eigenvalue weighted by atomic mass is 16.5. The molecule has 0 bridgehead atoms. The molecule has 0 radical (unpaired) electrons. The molecule has 0 saturated heterocycles. The van der Waals surface area contributed by atoms with Crippen LogP contribution in [0.5, 0.6) is 11.5 Å². The van der Waals surface area contributed by atoms with E-state index in [9.17, 15) is 4.79 Å². The number of benzene rings is 2. The molecule has 0 aliphatic rings. The van der Waals surface area contributed by atoms with Crippen LogP contribution >= 0.6 is 0 Å². The Kier molecular flexibility index (Phi) is 7.49. The Labute approximate surface area is 194 Å². The molecule has 0 amide bonds. The van der Waals surface area contributed by atoms with E-state index in [1.807, 2.05) is 85.0 Å². The van der Waals surface area contributed by atoms with Gasteiger partial charge in [-0.05, 0) is 89.4 Å². The number of allylic oxidation sites excluding steroid dienone is 1. The quantitative estimate of drug-likeness (QED) is 0.381. The average Bonchev–Trinajstić information content (AvgIpc) is 2.64. The Morgan fingerprint density at radius 2 is 1.38 bits per heavy atom. The molecule has 4 nitrogen and oxygen atoms in total. The van der Waals surface area contributed by atoms with Crippen LogP contribution < -0.4 is 14.8 Å². The van der Waals surface area contributed by atoms with Gasteiger partial charge in [0.1, 0.15) is 22.7 Å². The van der Waals surface area contributed by atoms with Gasteiger partial charge in [-0.15, -0.1) is 0 Å². The van der Waals surface area contributed by atoms with E-state index in [0.29, 0.717) is 11.3 Å². The summed E-state index contributed by atoms with van der Waals surface area (Å²) in [4.78, 5) is 12.9. The molecule has 0 heterocycles. The summed E-state index contributed by atoms with van der Waals surface area (Å²) in [6, 6.07) is 11.5. The minimum Gasteiger partial charge on any atom is -0.487 e. The molecule has 32 heavy (non-hydrogen) atoms. The molecule has 0 aromatic heterocycles. The maximum absolute atomic E-state index is 12.9. The normalized spacial score (nSPS) is 12.7. The molecule has 0 atom stereocenters. The van der Waals surface area contributed by atoms with Gasteiger partial charge in [0, 0.05) is 23.9 Å². The van der Waals surface area contributed by atoms with Gasteiger partial charge in [0.2, 0.25) is 0 Å². The summed E-state index contributed by atoms with van der Waals surface area (Å²) < 4.78 is 12.7. The Morgan fingerprint density at radius 1 is 0.812 bits per heavy atom. The highest BCUT2D eigenvalue weighted by molar-refractivity contribution is 6.07. The lowest BCUT2D eigenvalue weighted by Gasteiger charge is -2.31. The first kappa shape index (κ1) is 25.5. The topological polar surface area (TPSA) is 47.6 Å². The highest BCUT2D eigenvalue weighted by Gasteiger charge is 2.27. The van der Waals surface area contributed by atoms with Crippen LogP contribution in [0.15, 0.2) is 42.5 Å². The lowest BCUT2D eigenvalue weighted by Crippen LogP contribution is -2.27. The molecule has 0 spiro atoms. The summed E-state index contributed by atoms with van der Waals surface area (Å²) >= 11 is 0. The molecule has 2 aromatic rings. The molecule has 2 aromatic carbocycles. The van der Waals surface area contributed by atoms with Crippen molar-refractivity contribution in [2.24, 2.45) is 0 Å². The highest BCUT2D eigenvalue weighted by Crippen LogP contribution is 2.42. The fourth-order valence-electron chi connectivity index (χ4n) is 3.22. The Hall–Kier alpha value is -2.75. The maximum atomic E-state index is 12.9. The molecule has 1 N–H and O–H groups in total. The molecule has 0 unspecified atom stereocenters. The average molecular weight is 438 g/mol. The van der Waals surface area contributed by atoms with E-state index in [-0.39, 0.29) is 11.2 Å². The van der Waals surface area contributed by atoms with E-state index in [4.69, 9.17) is 9.47 Å². The third-order valence-corrected chi connectivity index (χ3v) is 4.65. The summed E-state index contributed by atoms with van der Waals surface area (Å²) in [5, 5.41) is 3.07. The van der Waals surface area contributed by atoms with Crippen LogP contribution in [-0.4, -0.2) is 24.0 Å². The maximum Gasteiger partial charge on any atom is 0.185 e. The van der Waals surface area contributed by atoms with Crippen LogP contribution in [0, 0.1) is 0 Å². The lowest BCUT2D eigenvalue weighted by molar-refractivity contribution is 0.104. The zero-order valence-corrected chi connectivity index (χ0v) is 21.3. The predicted octanol–water partition coefficient (Wildman–Crippen LogP) is 7.28. The van der Waals surface area contributed by atoms with Gasteiger partial charge in [-0.25, -0.2) is 0 Å². The first-order chi connectivity index (χ1) is 14.6. The van der Waals surface area contributed by atoms with Crippen LogP contribution in [0.2, 0.25) is 0 Å². The van der Waals surface area contributed by atoms with Gasteiger partial charge in [0.05, 0.1) is 5.56 Å². The fraction of sp³-hybridized carbons (Fsp3) is 0.464. The van der Waals surface area contributed by atoms with E-state index in [1.165, 1.54) is 0 Å². The van der Waals surface area contributed by atoms with E-state index in [2.05, 4.69) is 32.2 Å². The predicted molar refractivity (Wildman–Crippen MR) is 135 cm³/mol. The fourth-order valence-corrected chi connectivity index (χ4v) is 3.22. The van der Waals surface area contributed by atoms with Crippen LogP contribution in [0.1, 0.15) is 83.8 Å². The van der Waals surface area contributed by atoms with Crippen molar-refractivity contribution in [1.82, 2.24) is 0 Å². The van der Waals surface area contributed by atoms with E-state index in [0.717, 1.165) is 22.6 Å². The van der Waals surface area contributed by atoms with Crippen LogP contribution in [0.3, 0.4) is 0 Å². The number of nitrogens with one attached hydrogen (secondary N) is 1. The number of hydrogen-bond donors (Lipinski definition) is 1. The minimum atomic E-state index is -0.407. The number of ketones is 1. The summed E-state index contributed by atoms with van der Waals surface area (Å²) in [7, 11) is 1.85. The smallest absolute Gasteiger partial charge is 0.185 e. The first-order valence-electron chi connectivity index (χ1n) is 11.2. The standard InChI is InChI=1S/C28H39NO3/c1-26(2,3)22-16-18-24(31-27(4,5)6)21(25(22)32-28(7,8)9)15-17-23(30)19-11-13-20(29-10)14-12-19/h11-18,29H,1-10H3. The van der Waals surface area contributed by atoms with Crippen molar-refractivity contribution >= 4 is 17.5 Å². The molecular formula is C28H39NO3. The molecule has 4 heteroatoms. The molecule has 0 aliphatic carbocycles. The van der Waals surface area contributed by atoms with E-state index >= 15 is 0 Å². The van der Waals surface area contributed by atoms with Crippen molar-refractivity contribution in [3.63, 3.8) is 0 Å². The van der Waals surface area contributed by atoms with Gasteiger partial charge in [-0.2, -0.15) is 0 Å². The van der Waals surface area contributed by atoms with Crippen molar-refractivity contribution in [2.45, 2.75) is 78.9 Å². The second-order valence-electron chi connectivity index (χ2n) is 11.1. The number of rotatable bonds is 6. The Morgan fingerprint density at radius 3 is 1.84 bits per heavy atom. The minimum absolute atomic E-state index is 0.0720. The van der Waals surface area contributed by atoms with Crippen molar-refractivity contribution < 1.29 is 14.3 Å². The van der Waals surface area contributed by atoms with Gasteiger partial charge in [0.15, 0.2) is 5.78 Å². The molecular weight excluding hydrogens is 398 g/mol. The SMILES string of the molecule is CNc1ccc(C(=O)C=Cc2c(OC(C)(C)C)ccc(C(C)(C)C)c2OC(C)(C)C)cc1. The third kappa shape index (κ3) is 7.15. The van der Waals surface area contributed by atoms with Gasteiger partial charge >= 0.3 is 0 Å². The lowest BCUT2D eigenvalue weighted by atomic mass is 9.84. The molecule has 0 fully saturated rings. The van der Waals surface area contributed by atoms with Crippen LogP contribution in [0.4, 0.5) is 5.69 Å². The van der Waals surface area contributed by atoms with Crippen molar-refractivity contribution in [3.05, 3.63) is 59.2 Å². The summed E-state index contributed by atoms with van der Waals surface area (Å²) in [5.41, 5.74) is 2.50. The number of carbonyl (C=O) groups is 1. The van der Waals surface area contributed by atoms with Gasteiger partial charge in [-0.1, -0.05) is 26.8 Å². The summed E-state index contributed by atoms with van der Waals surface area (Å²) in [6.45, 7) is 18.6. The number of carbonyl (C=O) groups excluding carboxylic acids is 1. The zero-order chi connectivity index (χ0) is 24.3. The van der Waals surface area contributed by atoms with E-state index in [1.54, 1.807) is 6.08 Å². The monoisotopic (exact) mass is 437 g/mol. The van der Waals surface area contributed by atoms with Gasteiger partial charge < -0.3 is 14.8 Å². The first-order valence-corrected chi connectivity index (χ1v) is 11.2. The third-order valence-electron chi connectivity index (χ3n) is 4.65. The number of anilines is 1. The van der Waals surface area contributed by atoms with E-state index < -0.39 is 11.2 Å². The second-order valence-corrected chi connectivity index (χ2v) is 11.1. The number of ether oxygens (including phenoxy) is 2. The Bertz CT molecular complexity index is 966. The van der Waals surface area contributed by atoms with Gasteiger partial charge in [-0.3, -0.25) is 4.79 Å². The van der Waals surface area contributed by atoms with Crippen molar-refractivity contribution in [2.75, 3.05) is 12.4 Å². The Balaban J connectivity index is 2.63. The molecule has 2 rings (SSSR count). The number of hydrogen-bond acceptors (Lipinski definition) is 4. The van der Waals surface area contributed by atoms with Crippen LogP contribution in [-0.2, 0) is 5.41 Å². The summed E-state index contributed by atoms with van der Waals surface area (Å²) in [5.74, 6) is 1.37. The van der Waals surface area contributed by atoms with Crippen LogP contribution in [0.25, 0.3) is 6.08 Å². The second kappa shape index (κ2) is 9.40. The molecule has 174 valence electrons. The molecule has 0 saturated carbocycles. The largest absolute Gasteiger partial charge is 0.487 e. The summed E-state index contributed by atoms with van der Waals surface area (Å²) in [6.07, 6.45) is 3.42.